The van der Waals surface area contributed by atoms with Crippen molar-refractivity contribution in [2.45, 2.75) is 6.04 Å². The Labute approximate surface area is 195 Å². The summed E-state index contributed by atoms with van der Waals surface area (Å²) in [6.07, 6.45) is 0. The van der Waals surface area contributed by atoms with Crippen LogP contribution in [0.15, 0.2) is 121 Å². The minimum Gasteiger partial charge on any atom is -0.254 e. The Morgan fingerprint density at radius 3 is 2.03 bits per heavy atom. The second kappa shape index (κ2) is 8.57. The minimum absolute atomic E-state index is 0.962. The maximum Gasteiger partial charge on any atom is 0.0754 e. The van der Waals surface area contributed by atoms with Crippen LogP contribution in [0.5, 0.6) is 0 Å². The highest BCUT2D eigenvalue weighted by Gasteiger charge is 2.21. The van der Waals surface area contributed by atoms with E-state index in [-0.39, 0.29) is 0 Å². The highest BCUT2D eigenvalue weighted by molar-refractivity contribution is 6.86. The summed E-state index contributed by atoms with van der Waals surface area (Å²) in [4.78, 5) is 5.18. The van der Waals surface area contributed by atoms with Crippen LogP contribution in [0.4, 0.5) is 0 Å². The van der Waals surface area contributed by atoms with Gasteiger partial charge in [-0.15, -0.1) is 0 Å². The lowest BCUT2D eigenvalue weighted by Crippen LogP contribution is -2.25. The van der Waals surface area contributed by atoms with Gasteiger partial charge in [0, 0.05) is 10.9 Å². The van der Waals surface area contributed by atoms with E-state index in [0.717, 1.165) is 11.7 Å². The summed E-state index contributed by atoms with van der Waals surface area (Å²) < 4.78 is 0. The van der Waals surface area contributed by atoms with E-state index in [1.54, 1.807) is 0 Å². The third kappa shape index (κ3) is 3.90. The molecule has 0 radical (unpaired) electrons. The van der Waals surface area contributed by atoms with E-state index < -0.39 is 8.41 Å². The van der Waals surface area contributed by atoms with Gasteiger partial charge in [-0.1, -0.05) is 109 Å². The molecule has 1 aliphatic heterocycles. The Balaban J connectivity index is 1.40. The van der Waals surface area contributed by atoms with Crippen molar-refractivity contribution in [3.63, 3.8) is 0 Å². The van der Waals surface area contributed by atoms with Crippen molar-refractivity contribution < 1.29 is 0 Å². The average molecular weight is 438 g/mol. The molecule has 0 unspecified atom stereocenters. The van der Waals surface area contributed by atoms with Gasteiger partial charge in [0.05, 0.1) is 14.1 Å². The first-order chi connectivity index (χ1) is 16.3. The van der Waals surface area contributed by atoms with Crippen LogP contribution >= 0.6 is 0 Å². The summed E-state index contributed by atoms with van der Waals surface area (Å²) in [5.74, 6) is 0. The second-order valence-electron chi connectivity index (χ2n) is 8.44. The van der Waals surface area contributed by atoms with Crippen LogP contribution < -0.4 is 5.32 Å². The molecule has 0 saturated carbocycles. The second-order valence-corrected chi connectivity index (χ2v) is 10.6. The number of benzene rings is 4. The van der Waals surface area contributed by atoms with Gasteiger partial charge in [-0.2, -0.15) is 0 Å². The van der Waals surface area contributed by atoms with Crippen LogP contribution in [-0.4, -0.2) is 19.1 Å². The molecule has 156 valence electrons. The van der Waals surface area contributed by atoms with Crippen LogP contribution in [0.1, 0.15) is 11.1 Å². The minimum atomic E-state index is -0.962. The molecule has 1 aromatic heterocycles. The van der Waals surface area contributed by atoms with E-state index in [0.29, 0.717) is 0 Å². The highest BCUT2D eigenvalue weighted by Crippen LogP contribution is 2.32. The summed E-state index contributed by atoms with van der Waals surface area (Å²) in [7, 11) is -0.962. The van der Waals surface area contributed by atoms with Crippen molar-refractivity contribution in [1.82, 2.24) is 4.98 Å². The van der Waals surface area contributed by atoms with Gasteiger partial charge in [0.2, 0.25) is 0 Å². The summed E-state index contributed by atoms with van der Waals surface area (Å²) in [6, 6.07) is 44.3. The number of nitrogens with zero attached hydrogens (tertiary/aromatic N) is 1. The van der Waals surface area contributed by atoms with E-state index >= 15 is 0 Å². The molecule has 6 rings (SSSR count). The molecule has 1 aliphatic rings. The number of fused-ring (bicyclic) bond motifs is 1. The van der Waals surface area contributed by atoms with Crippen molar-refractivity contribution in [3.05, 3.63) is 132 Å². The number of allylic oxidation sites excluding steroid dienone is 2. The fourth-order valence-electron chi connectivity index (χ4n) is 4.66. The molecule has 2 heteroatoms. The number of pyridine rings is 1. The van der Waals surface area contributed by atoms with Gasteiger partial charge in [0.15, 0.2) is 0 Å². The largest absolute Gasteiger partial charge is 0.254 e. The molecule has 2 heterocycles. The van der Waals surface area contributed by atoms with E-state index in [1.807, 2.05) is 0 Å². The maximum absolute atomic E-state index is 5.18. The first kappa shape index (κ1) is 19.8. The standard InChI is InChI=1S/C31H23NSi/c1-3-11-24(12-4-1)28-21-33(22-29(28)25-13-5-2-6-14-25)31-17-9-16-30(32-31)27-19-18-23-10-7-8-15-26(23)20-27/h1-21H,22H2. The molecule has 0 saturated heterocycles. The average Bonchev–Trinajstić information content (AvgIpc) is 3.35. The summed E-state index contributed by atoms with van der Waals surface area (Å²) in [6.45, 7) is 0. The third-order valence-electron chi connectivity index (χ3n) is 6.34. The molecule has 0 aliphatic carbocycles. The molecule has 0 bridgehead atoms. The van der Waals surface area contributed by atoms with Gasteiger partial charge in [0.1, 0.15) is 0 Å². The molecule has 1 nitrogen and oxygen atoms in total. The first-order valence-electron chi connectivity index (χ1n) is 11.4. The molecular weight excluding hydrogens is 414 g/mol. The van der Waals surface area contributed by atoms with Gasteiger partial charge in [0.25, 0.3) is 0 Å². The normalized spacial score (nSPS) is 13.4. The van der Waals surface area contributed by atoms with Crippen LogP contribution in [-0.2, 0) is 0 Å². The number of rotatable bonds is 4. The van der Waals surface area contributed by atoms with Crippen molar-refractivity contribution in [3.8, 4) is 11.3 Å². The van der Waals surface area contributed by atoms with E-state index in [1.165, 1.54) is 43.9 Å². The Bertz CT molecular complexity index is 1510. The quantitative estimate of drug-likeness (QED) is 0.288. The maximum atomic E-state index is 5.18. The Morgan fingerprint density at radius 2 is 1.24 bits per heavy atom. The lowest BCUT2D eigenvalue weighted by Gasteiger charge is -2.09. The monoisotopic (exact) mass is 437 g/mol. The van der Waals surface area contributed by atoms with Crippen molar-refractivity contribution in [1.29, 1.82) is 0 Å². The molecule has 0 amide bonds. The SMILES string of the molecule is C1=[Si](c2cccc(-c3ccc4ccccc4c3)n2)CC(c2ccccc2)=C1c1ccccc1. The zero-order valence-corrected chi connectivity index (χ0v) is 19.3. The molecule has 4 aromatic carbocycles. The number of hydrogen-bond donors (Lipinski definition) is 0. The van der Waals surface area contributed by atoms with Crippen molar-refractivity contribution in [2.24, 2.45) is 0 Å². The van der Waals surface area contributed by atoms with Crippen LogP contribution in [0.25, 0.3) is 33.2 Å². The summed E-state index contributed by atoms with van der Waals surface area (Å²) in [5, 5.41) is 3.74. The third-order valence-corrected chi connectivity index (χ3v) is 8.65. The predicted molar refractivity (Wildman–Crippen MR) is 143 cm³/mol. The van der Waals surface area contributed by atoms with Crippen LogP contribution in [0.2, 0.25) is 6.04 Å². The summed E-state index contributed by atoms with van der Waals surface area (Å²) >= 11 is 0. The Hall–Kier alpha value is -3.88. The smallest absolute Gasteiger partial charge is 0.0754 e. The molecule has 33 heavy (non-hydrogen) atoms. The van der Waals surface area contributed by atoms with Crippen molar-refractivity contribution >= 4 is 41.3 Å². The zero-order valence-electron chi connectivity index (χ0n) is 18.3. The molecule has 0 spiro atoms. The fraction of sp³-hybridized carbons (Fsp3) is 0.0323. The predicted octanol–water partition coefficient (Wildman–Crippen LogP) is 6.61. The lowest BCUT2D eigenvalue weighted by molar-refractivity contribution is 1.37. The number of aromatic nitrogens is 1. The van der Waals surface area contributed by atoms with Gasteiger partial charge >= 0.3 is 0 Å². The Kier molecular flexibility index (Phi) is 5.14. The summed E-state index contributed by atoms with van der Waals surface area (Å²) in [5.41, 5.74) is 10.2. The van der Waals surface area contributed by atoms with Gasteiger partial charge in [-0.3, -0.25) is 4.98 Å². The van der Waals surface area contributed by atoms with Crippen LogP contribution in [0.3, 0.4) is 0 Å². The van der Waals surface area contributed by atoms with Crippen LogP contribution in [0, 0.1) is 0 Å². The lowest BCUT2D eigenvalue weighted by atomic mass is 9.97. The first-order valence-corrected chi connectivity index (χ1v) is 13.1. The highest BCUT2D eigenvalue weighted by atomic mass is 28.2. The Morgan fingerprint density at radius 1 is 0.545 bits per heavy atom. The molecule has 0 atom stereocenters. The fourth-order valence-corrected chi connectivity index (χ4v) is 7.13. The topological polar surface area (TPSA) is 12.9 Å². The van der Waals surface area contributed by atoms with Gasteiger partial charge < -0.3 is 0 Å². The van der Waals surface area contributed by atoms with E-state index in [4.69, 9.17) is 4.98 Å². The zero-order chi connectivity index (χ0) is 22.0. The van der Waals surface area contributed by atoms with E-state index in [2.05, 4.69) is 127 Å². The molecule has 0 fully saturated rings. The van der Waals surface area contributed by atoms with Crippen molar-refractivity contribution in [2.75, 3.05) is 0 Å². The van der Waals surface area contributed by atoms with Gasteiger partial charge in [-0.25, -0.2) is 0 Å². The van der Waals surface area contributed by atoms with Gasteiger partial charge in [-0.05, 0) is 57.3 Å². The molecule has 5 aromatic rings. The molecule has 0 N–H and O–H groups in total. The number of hydrogen-bond acceptors (Lipinski definition) is 1. The van der Waals surface area contributed by atoms with E-state index in [9.17, 15) is 0 Å². The molecular formula is C31H23NSi.